The third kappa shape index (κ3) is 14.1. The van der Waals surface area contributed by atoms with E-state index in [1.807, 2.05) is 0 Å². The molecule has 0 aromatic heterocycles. The van der Waals surface area contributed by atoms with E-state index < -0.39 is 0 Å². The van der Waals surface area contributed by atoms with Crippen molar-refractivity contribution in [2.24, 2.45) is 0 Å². The van der Waals surface area contributed by atoms with Crippen LogP contribution >= 0.6 is 0 Å². The summed E-state index contributed by atoms with van der Waals surface area (Å²) in [6.07, 6.45) is 8.09. The van der Waals surface area contributed by atoms with E-state index in [0.29, 0.717) is 0 Å². The highest BCUT2D eigenvalue weighted by atomic mass is 16.5. The predicted molar refractivity (Wildman–Crippen MR) is 84.9 cm³/mol. The van der Waals surface area contributed by atoms with Crippen LogP contribution < -0.4 is 5.32 Å². The number of hydrogen-bond donors (Lipinski definition) is 1. The Bertz CT molecular complexity index is 130. The Morgan fingerprint density at radius 1 is 0.789 bits per heavy atom. The average Bonchev–Trinajstić information content (AvgIpc) is 2.49. The molecule has 3 nitrogen and oxygen atoms in total. The Kier molecular flexibility index (Phi) is 15.8. The molecule has 1 aliphatic rings. The van der Waals surface area contributed by atoms with Gasteiger partial charge in [0, 0.05) is 13.1 Å². The van der Waals surface area contributed by atoms with E-state index in [4.69, 9.17) is 4.74 Å². The highest BCUT2D eigenvalue weighted by Gasteiger charge is 2.01. The molecule has 1 aliphatic heterocycles. The molecule has 0 aliphatic carbocycles. The van der Waals surface area contributed by atoms with Gasteiger partial charge < -0.3 is 15.0 Å². The highest BCUT2D eigenvalue weighted by Crippen LogP contribution is 2.01. The summed E-state index contributed by atoms with van der Waals surface area (Å²) in [5, 5.41) is 3.16. The predicted octanol–water partition coefficient (Wildman–Crippen LogP) is 3.29. The number of nitrogens with one attached hydrogen (secondary N) is 1. The van der Waals surface area contributed by atoms with Crippen molar-refractivity contribution in [2.75, 3.05) is 45.9 Å². The van der Waals surface area contributed by atoms with Crippen LogP contribution in [0.15, 0.2) is 0 Å². The molecule has 0 bridgehead atoms. The first-order chi connectivity index (χ1) is 9.35. The lowest BCUT2D eigenvalue weighted by atomic mass is 10.2. The minimum atomic E-state index is 0.889. The van der Waals surface area contributed by atoms with Gasteiger partial charge in [0.2, 0.25) is 0 Å². The van der Waals surface area contributed by atoms with Gasteiger partial charge in [-0.2, -0.15) is 0 Å². The number of rotatable bonds is 9. The molecular formula is C16H36N2O. The lowest BCUT2D eigenvalue weighted by Crippen LogP contribution is -2.30. The van der Waals surface area contributed by atoms with Gasteiger partial charge in [-0.3, -0.25) is 0 Å². The maximum atomic E-state index is 5.01. The standard InChI is InChI=1S/C12H27N.C4H9NO/c1-4-7-10-13(11-8-5-2)12-9-6-3;1-3-6-4-2-5-1/h4-12H2,1-3H3;5H,1-4H2. The molecule has 0 radical (unpaired) electrons. The fraction of sp³-hybridized carbons (Fsp3) is 1.00. The fourth-order valence-electron chi connectivity index (χ4n) is 2.00. The minimum Gasteiger partial charge on any atom is -0.379 e. The van der Waals surface area contributed by atoms with Gasteiger partial charge in [-0.15, -0.1) is 0 Å². The van der Waals surface area contributed by atoms with Crippen LogP contribution in [0.1, 0.15) is 59.3 Å². The fourth-order valence-corrected chi connectivity index (χ4v) is 2.00. The van der Waals surface area contributed by atoms with E-state index in [2.05, 4.69) is 31.0 Å². The molecular weight excluding hydrogens is 236 g/mol. The molecule has 0 aromatic carbocycles. The minimum absolute atomic E-state index is 0.889. The summed E-state index contributed by atoms with van der Waals surface area (Å²) in [4.78, 5) is 2.64. The number of ether oxygens (including phenoxy) is 1. The van der Waals surface area contributed by atoms with Gasteiger partial charge in [-0.05, 0) is 38.9 Å². The zero-order chi connectivity index (χ0) is 14.2. The van der Waals surface area contributed by atoms with Gasteiger partial charge in [0.15, 0.2) is 0 Å². The van der Waals surface area contributed by atoms with Gasteiger partial charge in [0.25, 0.3) is 0 Å². The zero-order valence-corrected chi connectivity index (χ0v) is 13.5. The molecule has 0 atom stereocenters. The summed E-state index contributed by atoms with van der Waals surface area (Å²) in [7, 11) is 0. The van der Waals surface area contributed by atoms with Crippen molar-refractivity contribution in [3.8, 4) is 0 Å². The van der Waals surface area contributed by atoms with Gasteiger partial charge >= 0.3 is 0 Å². The second-order valence-corrected chi connectivity index (χ2v) is 5.26. The molecule has 3 heteroatoms. The van der Waals surface area contributed by atoms with E-state index in [0.717, 1.165) is 26.3 Å². The van der Waals surface area contributed by atoms with E-state index in [1.54, 1.807) is 0 Å². The Hall–Kier alpha value is -0.120. The van der Waals surface area contributed by atoms with Gasteiger partial charge in [-0.1, -0.05) is 40.0 Å². The molecule has 1 rings (SSSR count). The molecule has 1 fully saturated rings. The molecule has 1 saturated heterocycles. The van der Waals surface area contributed by atoms with Crippen molar-refractivity contribution >= 4 is 0 Å². The summed E-state index contributed by atoms with van der Waals surface area (Å²) in [5.74, 6) is 0. The van der Waals surface area contributed by atoms with Gasteiger partial charge in [0.1, 0.15) is 0 Å². The topological polar surface area (TPSA) is 24.5 Å². The Balaban J connectivity index is 0.000000443. The van der Waals surface area contributed by atoms with Crippen LogP contribution in [0.2, 0.25) is 0 Å². The van der Waals surface area contributed by atoms with Crippen molar-refractivity contribution in [1.82, 2.24) is 10.2 Å². The quantitative estimate of drug-likeness (QED) is 0.697. The zero-order valence-electron chi connectivity index (χ0n) is 13.5. The monoisotopic (exact) mass is 272 g/mol. The summed E-state index contributed by atoms with van der Waals surface area (Å²) in [6, 6.07) is 0. The highest BCUT2D eigenvalue weighted by molar-refractivity contribution is 4.57. The molecule has 1 N–H and O–H groups in total. The molecule has 0 spiro atoms. The Morgan fingerprint density at radius 3 is 1.42 bits per heavy atom. The average molecular weight is 272 g/mol. The first-order valence-electron chi connectivity index (χ1n) is 8.35. The van der Waals surface area contributed by atoms with Crippen molar-refractivity contribution in [2.45, 2.75) is 59.3 Å². The first-order valence-corrected chi connectivity index (χ1v) is 8.35. The van der Waals surface area contributed by atoms with Crippen molar-refractivity contribution in [3.63, 3.8) is 0 Å². The third-order valence-electron chi connectivity index (χ3n) is 3.33. The maximum absolute atomic E-state index is 5.01. The molecule has 0 aromatic rings. The number of unbranched alkanes of at least 4 members (excludes halogenated alkanes) is 3. The van der Waals surface area contributed by atoms with Crippen molar-refractivity contribution in [1.29, 1.82) is 0 Å². The molecule has 0 saturated carbocycles. The van der Waals surface area contributed by atoms with Crippen LogP contribution in [0, 0.1) is 0 Å². The maximum Gasteiger partial charge on any atom is 0.0591 e. The van der Waals surface area contributed by atoms with Crippen molar-refractivity contribution < 1.29 is 4.74 Å². The van der Waals surface area contributed by atoms with E-state index in [1.165, 1.54) is 58.2 Å². The Labute approximate surface area is 121 Å². The second kappa shape index (κ2) is 15.9. The number of nitrogens with zero attached hydrogens (tertiary/aromatic N) is 1. The summed E-state index contributed by atoms with van der Waals surface area (Å²) >= 11 is 0. The second-order valence-electron chi connectivity index (χ2n) is 5.26. The molecule has 19 heavy (non-hydrogen) atoms. The van der Waals surface area contributed by atoms with Crippen LogP contribution in [0.3, 0.4) is 0 Å². The summed E-state index contributed by atoms with van der Waals surface area (Å²) in [5.41, 5.74) is 0. The third-order valence-corrected chi connectivity index (χ3v) is 3.33. The van der Waals surface area contributed by atoms with Crippen LogP contribution in [0.4, 0.5) is 0 Å². The van der Waals surface area contributed by atoms with E-state index >= 15 is 0 Å². The van der Waals surface area contributed by atoms with Gasteiger partial charge in [0.05, 0.1) is 13.2 Å². The van der Waals surface area contributed by atoms with E-state index in [9.17, 15) is 0 Å². The number of hydrogen-bond acceptors (Lipinski definition) is 3. The van der Waals surface area contributed by atoms with Gasteiger partial charge in [-0.25, -0.2) is 0 Å². The van der Waals surface area contributed by atoms with Crippen LogP contribution in [-0.2, 0) is 4.74 Å². The van der Waals surface area contributed by atoms with Crippen molar-refractivity contribution in [3.05, 3.63) is 0 Å². The molecule has 116 valence electrons. The smallest absolute Gasteiger partial charge is 0.0591 e. The molecule has 1 heterocycles. The van der Waals surface area contributed by atoms with E-state index in [-0.39, 0.29) is 0 Å². The summed E-state index contributed by atoms with van der Waals surface area (Å²) < 4.78 is 5.01. The number of morpholine rings is 1. The lowest BCUT2D eigenvalue weighted by molar-refractivity contribution is 0.109. The largest absolute Gasteiger partial charge is 0.379 e. The SMILES string of the molecule is C1COCCN1.CCCCN(CCCC)CCCC. The van der Waals surface area contributed by atoms with Crippen LogP contribution in [0.25, 0.3) is 0 Å². The summed E-state index contributed by atoms with van der Waals surface area (Å²) in [6.45, 7) is 14.6. The molecule has 0 unspecified atom stereocenters. The van der Waals surface area contributed by atoms with Crippen LogP contribution in [-0.4, -0.2) is 50.8 Å². The Morgan fingerprint density at radius 2 is 1.21 bits per heavy atom. The van der Waals surface area contributed by atoms with Crippen LogP contribution in [0.5, 0.6) is 0 Å². The normalized spacial score (nSPS) is 15.2. The first kappa shape index (κ1) is 18.9. The lowest BCUT2D eigenvalue weighted by Gasteiger charge is -2.21. The molecule has 0 amide bonds.